The highest BCUT2D eigenvalue weighted by atomic mass is 16.7. The van der Waals surface area contributed by atoms with Gasteiger partial charge in [0.2, 0.25) is 0 Å². The lowest BCUT2D eigenvalue weighted by atomic mass is 9.90. The van der Waals surface area contributed by atoms with E-state index in [2.05, 4.69) is 20.2 Å². The molecule has 2 bridgehead atoms. The van der Waals surface area contributed by atoms with Gasteiger partial charge in [-0.1, -0.05) is 0 Å². The van der Waals surface area contributed by atoms with Crippen LogP contribution < -0.4 is 15.5 Å². The van der Waals surface area contributed by atoms with Crippen molar-refractivity contribution in [3.63, 3.8) is 0 Å². The lowest BCUT2D eigenvalue weighted by Crippen LogP contribution is -2.43. The van der Waals surface area contributed by atoms with Gasteiger partial charge < -0.3 is 29.7 Å². The van der Waals surface area contributed by atoms with Crippen LogP contribution in [0.25, 0.3) is 22.4 Å². The van der Waals surface area contributed by atoms with Crippen LogP contribution in [0.1, 0.15) is 44.6 Å². The zero-order valence-corrected chi connectivity index (χ0v) is 21.6. The molecule has 38 heavy (non-hydrogen) atoms. The minimum absolute atomic E-state index is 0.224. The van der Waals surface area contributed by atoms with E-state index in [-0.39, 0.29) is 24.3 Å². The summed E-state index contributed by atoms with van der Waals surface area (Å²) in [6, 6.07) is 7.59. The summed E-state index contributed by atoms with van der Waals surface area (Å²) >= 11 is 0. The Balaban J connectivity index is 1.25. The fourth-order valence-electron chi connectivity index (χ4n) is 6.30. The standard InChI is InChI=1S/C27H33N7O4/c1-28-26(35)30-18-4-2-17(3-5-18)23-31-24(33-15-20-6-7-21(16-33)38-20)22-14-29-34(25(22)32-23)19-8-10-27(11-9-19)36-12-13-37-27/h2-5,14,19-21H,6-13,15-16H2,1H3,(H2,28,30,35)/t20-,21-/m0/s1. The number of carbonyl (C=O) groups is 1. The molecule has 1 spiro atoms. The summed E-state index contributed by atoms with van der Waals surface area (Å²) in [5.74, 6) is 1.15. The van der Waals surface area contributed by atoms with Crippen LogP contribution >= 0.6 is 0 Å². The number of amides is 2. The highest BCUT2D eigenvalue weighted by molar-refractivity contribution is 5.90. The predicted molar refractivity (Wildman–Crippen MR) is 141 cm³/mol. The molecule has 1 saturated carbocycles. The number of nitrogens with one attached hydrogen (secondary N) is 2. The van der Waals surface area contributed by atoms with Crippen molar-refractivity contribution in [1.82, 2.24) is 25.1 Å². The van der Waals surface area contributed by atoms with E-state index >= 15 is 0 Å². The summed E-state index contributed by atoms with van der Waals surface area (Å²) in [4.78, 5) is 24.2. The lowest BCUT2D eigenvalue weighted by Gasteiger charge is -2.35. The summed E-state index contributed by atoms with van der Waals surface area (Å²) in [5.41, 5.74) is 2.44. The average molecular weight is 520 g/mol. The van der Waals surface area contributed by atoms with Crippen LogP contribution in [0.3, 0.4) is 0 Å². The molecule has 3 aliphatic heterocycles. The number of carbonyl (C=O) groups excluding carboxylic acids is 1. The van der Waals surface area contributed by atoms with E-state index in [1.165, 1.54) is 0 Å². The van der Waals surface area contributed by atoms with Crippen molar-refractivity contribution in [1.29, 1.82) is 0 Å². The maximum Gasteiger partial charge on any atom is 0.318 e. The second-order valence-corrected chi connectivity index (χ2v) is 10.7. The number of nitrogens with zero attached hydrogens (tertiary/aromatic N) is 5. The van der Waals surface area contributed by atoms with Crippen molar-refractivity contribution in [3.8, 4) is 11.4 Å². The molecule has 3 aromatic rings. The third-order valence-corrected chi connectivity index (χ3v) is 8.28. The van der Waals surface area contributed by atoms with Gasteiger partial charge in [-0.2, -0.15) is 5.10 Å². The van der Waals surface area contributed by atoms with Gasteiger partial charge in [-0.15, -0.1) is 0 Å². The number of anilines is 2. The number of ether oxygens (including phenoxy) is 3. The average Bonchev–Trinajstić information content (AvgIpc) is 3.68. The highest BCUT2D eigenvalue weighted by Gasteiger charge is 2.41. The van der Waals surface area contributed by atoms with Gasteiger partial charge in [0, 0.05) is 44.2 Å². The number of aromatic nitrogens is 4. The molecule has 200 valence electrons. The number of hydrogen-bond acceptors (Lipinski definition) is 8. The van der Waals surface area contributed by atoms with Crippen molar-refractivity contribution in [2.45, 2.75) is 62.6 Å². The van der Waals surface area contributed by atoms with Crippen molar-refractivity contribution in [2.75, 3.05) is 43.6 Å². The van der Waals surface area contributed by atoms with E-state index in [1.54, 1.807) is 7.05 Å². The van der Waals surface area contributed by atoms with Crippen LogP contribution in [-0.2, 0) is 14.2 Å². The van der Waals surface area contributed by atoms with Crippen LogP contribution in [-0.4, -0.2) is 77.1 Å². The second-order valence-electron chi connectivity index (χ2n) is 10.7. The maximum atomic E-state index is 11.7. The number of morpholine rings is 1. The fourth-order valence-corrected chi connectivity index (χ4v) is 6.30. The Hall–Kier alpha value is -3.28. The first-order valence-electron chi connectivity index (χ1n) is 13.6. The topological polar surface area (TPSA) is 116 Å². The van der Waals surface area contributed by atoms with Gasteiger partial charge in [-0.25, -0.2) is 19.4 Å². The van der Waals surface area contributed by atoms with Gasteiger partial charge in [-0.05, 0) is 49.9 Å². The Morgan fingerprint density at radius 1 is 1.00 bits per heavy atom. The van der Waals surface area contributed by atoms with Gasteiger partial charge >= 0.3 is 6.03 Å². The molecule has 1 aliphatic carbocycles. The van der Waals surface area contributed by atoms with E-state index in [0.717, 1.165) is 74.0 Å². The van der Waals surface area contributed by atoms with Gasteiger partial charge in [-0.3, -0.25) is 0 Å². The molecule has 4 aliphatic rings. The minimum Gasteiger partial charge on any atom is -0.371 e. The molecule has 11 heteroatoms. The van der Waals surface area contributed by atoms with Crippen LogP contribution in [0.15, 0.2) is 30.5 Å². The summed E-state index contributed by atoms with van der Waals surface area (Å²) in [7, 11) is 1.59. The van der Waals surface area contributed by atoms with E-state index in [0.29, 0.717) is 24.7 Å². The summed E-state index contributed by atoms with van der Waals surface area (Å²) < 4.78 is 20.1. The molecular weight excluding hydrogens is 486 g/mol. The fraction of sp³-hybridized carbons (Fsp3) is 0.556. The molecule has 4 fully saturated rings. The molecule has 2 amide bonds. The molecule has 11 nitrogen and oxygen atoms in total. The maximum absolute atomic E-state index is 11.7. The normalized spacial score (nSPS) is 24.8. The Labute approximate surface area is 220 Å². The zero-order chi connectivity index (χ0) is 25.7. The molecular formula is C27H33N7O4. The monoisotopic (exact) mass is 519 g/mol. The van der Waals surface area contributed by atoms with Gasteiger partial charge in [0.1, 0.15) is 5.82 Å². The van der Waals surface area contributed by atoms with Gasteiger partial charge in [0.05, 0.1) is 43.0 Å². The molecule has 2 N–H and O–H groups in total. The number of fused-ring (bicyclic) bond motifs is 3. The van der Waals surface area contributed by atoms with E-state index in [1.807, 2.05) is 30.5 Å². The largest absolute Gasteiger partial charge is 0.371 e. The zero-order valence-electron chi connectivity index (χ0n) is 21.6. The number of rotatable bonds is 4. The molecule has 2 aromatic heterocycles. The minimum atomic E-state index is -0.414. The Morgan fingerprint density at radius 3 is 2.39 bits per heavy atom. The molecule has 2 atom stereocenters. The molecule has 1 aromatic carbocycles. The SMILES string of the molecule is CNC(=O)Nc1ccc(-c2nc(N3C[C@@H]4CC[C@@H](C3)O4)c3cnn(C4CCC5(CC4)OCCO5)c3n2)cc1. The van der Waals surface area contributed by atoms with Crippen molar-refractivity contribution in [3.05, 3.63) is 30.5 Å². The smallest absolute Gasteiger partial charge is 0.318 e. The molecule has 0 radical (unpaired) electrons. The molecule has 0 unspecified atom stereocenters. The molecule has 7 rings (SSSR count). The number of urea groups is 1. The Kier molecular flexibility index (Phi) is 5.94. The second kappa shape index (κ2) is 9.48. The van der Waals surface area contributed by atoms with Crippen molar-refractivity contribution >= 4 is 28.6 Å². The van der Waals surface area contributed by atoms with Gasteiger partial charge in [0.25, 0.3) is 0 Å². The third kappa shape index (κ3) is 4.28. The van der Waals surface area contributed by atoms with Crippen molar-refractivity contribution < 1.29 is 19.0 Å². The van der Waals surface area contributed by atoms with Crippen LogP contribution in [0.4, 0.5) is 16.3 Å². The molecule has 5 heterocycles. The predicted octanol–water partition coefficient (Wildman–Crippen LogP) is 3.47. The van der Waals surface area contributed by atoms with Crippen molar-refractivity contribution in [2.24, 2.45) is 0 Å². The van der Waals surface area contributed by atoms with Gasteiger partial charge in [0.15, 0.2) is 17.3 Å². The Morgan fingerprint density at radius 2 is 1.71 bits per heavy atom. The summed E-state index contributed by atoms with van der Waals surface area (Å²) in [6.45, 7) is 2.99. The van der Waals surface area contributed by atoms with E-state index in [4.69, 9.17) is 29.3 Å². The quantitative estimate of drug-likeness (QED) is 0.539. The molecule has 3 saturated heterocycles. The first-order valence-corrected chi connectivity index (χ1v) is 13.6. The van der Waals surface area contributed by atoms with E-state index < -0.39 is 5.79 Å². The lowest BCUT2D eigenvalue weighted by molar-refractivity contribution is -0.181. The number of hydrogen-bond donors (Lipinski definition) is 2. The summed E-state index contributed by atoms with van der Waals surface area (Å²) in [5, 5.41) is 11.2. The van der Waals surface area contributed by atoms with Crippen LogP contribution in [0.5, 0.6) is 0 Å². The third-order valence-electron chi connectivity index (χ3n) is 8.28. The number of benzene rings is 1. The first kappa shape index (κ1) is 23.8. The highest BCUT2D eigenvalue weighted by Crippen LogP contribution is 2.42. The first-order chi connectivity index (χ1) is 18.6. The van der Waals surface area contributed by atoms with Crippen LogP contribution in [0, 0.1) is 0 Å². The summed E-state index contributed by atoms with van der Waals surface area (Å²) in [6.07, 6.45) is 8.16. The Bertz CT molecular complexity index is 1320. The van der Waals surface area contributed by atoms with Crippen LogP contribution in [0.2, 0.25) is 0 Å². The van der Waals surface area contributed by atoms with E-state index in [9.17, 15) is 4.79 Å².